The quantitative estimate of drug-likeness (QED) is 0.623. The van der Waals surface area contributed by atoms with Crippen molar-refractivity contribution < 1.29 is 4.79 Å². The van der Waals surface area contributed by atoms with Gasteiger partial charge in [-0.25, -0.2) is 0 Å². The molecule has 4 heteroatoms. The molecule has 0 aromatic carbocycles. The van der Waals surface area contributed by atoms with Crippen molar-refractivity contribution in [1.29, 1.82) is 0 Å². The molecule has 0 saturated heterocycles. The fourth-order valence-corrected chi connectivity index (χ4v) is 2.09. The fourth-order valence-electron chi connectivity index (χ4n) is 2.09. The van der Waals surface area contributed by atoms with Crippen LogP contribution in [0.3, 0.4) is 0 Å². The van der Waals surface area contributed by atoms with Gasteiger partial charge in [0.15, 0.2) is 5.78 Å². The Morgan fingerprint density at radius 1 is 1.42 bits per heavy atom. The number of hydrogen-bond donors (Lipinski definition) is 0. The van der Waals surface area contributed by atoms with Gasteiger partial charge in [-0.05, 0) is 44.6 Å². The van der Waals surface area contributed by atoms with Crippen LogP contribution in [0.25, 0.3) is 6.08 Å². The van der Waals surface area contributed by atoms with E-state index < -0.39 is 0 Å². The standard InChI is InChI=1S/C15H17N3O/c1-4-18-12(3)15(11(2)17-18)14(19)8-7-13-6-5-9-16-10-13/h5-10H,4H2,1-3H3/b8-7-. The molecule has 0 aliphatic rings. The topological polar surface area (TPSA) is 47.8 Å². The summed E-state index contributed by atoms with van der Waals surface area (Å²) in [6.07, 6.45) is 6.78. The van der Waals surface area contributed by atoms with Crippen molar-refractivity contribution >= 4 is 11.9 Å². The fraction of sp³-hybridized carbons (Fsp3) is 0.267. The monoisotopic (exact) mass is 255 g/mol. The number of aromatic nitrogens is 3. The minimum Gasteiger partial charge on any atom is -0.289 e. The molecule has 0 bridgehead atoms. The molecule has 0 amide bonds. The first-order chi connectivity index (χ1) is 9.13. The van der Waals surface area contributed by atoms with Gasteiger partial charge in [-0.3, -0.25) is 14.5 Å². The second kappa shape index (κ2) is 5.61. The maximum atomic E-state index is 12.2. The van der Waals surface area contributed by atoms with Crippen molar-refractivity contribution in [1.82, 2.24) is 14.8 Å². The number of rotatable bonds is 4. The molecular formula is C15H17N3O. The number of carbonyl (C=O) groups excluding carboxylic acids is 1. The molecule has 0 atom stereocenters. The number of ketones is 1. The molecule has 19 heavy (non-hydrogen) atoms. The highest BCUT2D eigenvalue weighted by Crippen LogP contribution is 2.15. The van der Waals surface area contributed by atoms with Crippen LogP contribution < -0.4 is 0 Å². The van der Waals surface area contributed by atoms with E-state index in [0.717, 1.165) is 23.5 Å². The van der Waals surface area contributed by atoms with Crippen molar-refractivity contribution in [2.75, 3.05) is 0 Å². The Morgan fingerprint density at radius 3 is 2.79 bits per heavy atom. The molecule has 2 aromatic heterocycles. The van der Waals surface area contributed by atoms with Crippen molar-refractivity contribution in [2.24, 2.45) is 0 Å². The van der Waals surface area contributed by atoms with Crippen LogP contribution in [-0.2, 0) is 6.54 Å². The van der Waals surface area contributed by atoms with Gasteiger partial charge in [0.25, 0.3) is 0 Å². The zero-order chi connectivity index (χ0) is 13.8. The van der Waals surface area contributed by atoms with Gasteiger partial charge < -0.3 is 0 Å². The van der Waals surface area contributed by atoms with Crippen molar-refractivity contribution in [2.45, 2.75) is 27.3 Å². The van der Waals surface area contributed by atoms with E-state index in [2.05, 4.69) is 10.1 Å². The first-order valence-corrected chi connectivity index (χ1v) is 6.30. The highest BCUT2D eigenvalue weighted by Gasteiger charge is 2.15. The summed E-state index contributed by atoms with van der Waals surface area (Å²) in [4.78, 5) is 16.2. The first-order valence-electron chi connectivity index (χ1n) is 6.30. The van der Waals surface area contributed by atoms with E-state index in [-0.39, 0.29) is 5.78 Å². The molecule has 2 aromatic rings. The van der Waals surface area contributed by atoms with Gasteiger partial charge in [0.1, 0.15) is 0 Å². The van der Waals surface area contributed by atoms with Gasteiger partial charge in [0.05, 0.1) is 11.3 Å². The predicted octanol–water partition coefficient (Wildman–Crippen LogP) is 2.81. The van der Waals surface area contributed by atoms with Gasteiger partial charge in [-0.1, -0.05) is 6.07 Å². The Balaban J connectivity index is 2.26. The van der Waals surface area contributed by atoms with E-state index in [1.807, 2.05) is 37.6 Å². The van der Waals surface area contributed by atoms with E-state index in [1.54, 1.807) is 24.5 Å². The number of nitrogens with zero attached hydrogens (tertiary/aromatic N) is 3. The highest BCUT2D eigenvalue weighted by atomic mass is 16.1. The summed E-state index contributed by atoms with van der Waals surface area (Å²) < 4.78 is 1.85. The third-order valence-corrected chi connectivity index (χ3v) is 3.04. The van der Waals surface area contributed by atoms with E-state index in [1.165, 1.54) is 0 Å². The molecule has 2 rings (SSSR count). The second-order valence-corrected chi connectivity index (χ2v) is 4.35. The van der Waals surface area contributed by atoms with Crippen LogP contribution in [0.15, 0.2) is 30.6 Å². The largest absolute Gasteiger partial charge is 0.289 e. The van der Waals surface area contributed by atoms with E-state index in [0.29, 0.717) is 5.56 Å². The van der Waals surface area contributed by atoms with Crippen LogP contribution in [0.5, 0.6) is 0 Å². The van der Waals surface area contributed by atoms with Crippen molar-refractivity contribution in [3.63, 3.8) is 0 Å². The lowest BCUT2D eigenvalue weighted by molar-refractivity contribution is 0.104. The number of pyridine rings is 1. The number of allylic oxidation sites excluding steroid dienone is 1. The van der Waals surface area contributed by atoms with Gasteiger partial charge >= 0.3 is 0 Å². The Kier molecular flexibility index (Phi) is 3.90. The van der Waals surface area contributed by atoms with Crippen LogP contribution in [0.1, 0.15) is 34.2 Å². The number of carbonyl (C=O) groups is 1. The molecule has 0 aliphatic heterocycles. The average Bonchev–Trinajstić information content (AvgIpc) is 2.72. The second-order valence-electron chi connectivity index (χ2n) is 4.35. The Bertz CT molecular complexity index is 612. The predicted molar refractivity (Wildman–Crippen MR) is 75.0 cm³/mol. The van der Waals surface area contributed by atoms with E-state index in [9.17, 15) is 4.79 Å². The van der Waals surface area contributed by atoms with Crippen molar-refractivity contribution in [3.8, 4) is 0 Å². The summed E-state index contributed by atoms with van der Waals surface area (Å²) >= 11 is 0. The summed E-state index contributed by atoms with van der Waals surface area (Å²) in [7, 11) is 0. The summed E-state index contributed by atoms with van der Waals surface area (Å²) in [5, 5.41) is 4.35. The zero-order valence-electron chi connectivity index (χ0n) is 11.4. The summed E-state index contributed by atoms with van der Waals surface area (Å²) in [6.45, 7) is 6.57. The lowest BCUT2D eigenvalue weighted by Crippen LogP contribution is -2.01. The number of hydrogen-bond acceptors (Lipinski definition) is 3. The molecule has 2 heterocycles. The maximum absolute atomic E-state index is 12.2. The molecule has 0 aliphatic carbocycles. The van der Waals surface area contributed by atoms with Gasteiger partial charge in [-0.2, -0.15) is 5.10 Å². The van der Waals surface area contributed by atoms with Crippen LogP contribution in [0, 0.1) is 13.8 Å². The highest BCUT2D eigenvalue weighted by molar-refractivity contribution is 6.08. The normalized spacial score (nSPS) is 11.1. The minimum atomic E-state index is -0.0152. The summed E-state index contributed by atoms with van der Waals surface area (Å²) in [5.41, 5.74) is 3.30. The van der Waals surface area contributed by atoms with Gasteiger partial charge in [0.2, 0.25) is 0 Å². The minimum absolute atomic E-state index is 0.0152. The van der Waals surface area contributed by atoms with Crippen LogP contribution in [0.2, 0.25) is 0 Å². The SMILES string of the molecule is CCn1nc(C)c(C(=O)/C=C\c2cccnc2)c1C. The lowest BCUT2D eigenvalue weighted by atomic mass is 10.1. The molecule has 0 fully saturated rings. The van der Waals surface area contributed by atoms with E-state index >= 15 is 0 Å². The Hall–Kier alpha value is -2.23. The third-order valence-electron chi connectivity index (χ3n) is 3.04. The average molecular weight is 255 g/mol. The Labute approximate surface area is 112 Å². The van der Waals surface area contributed by atoms with Crippen LogP contribution in [0.4, 0.5) is 0 Å². The first kappa shape index (κ1) is 13.2. The molecule has 4 nitrogen and oxygen atoms in total. The molecule has 0 N–H and O–H groups in total. The molecule has 0 radical (unpaired) electrons. The van der Waals surface area contributed by atoms with E-state index in [4.69, 9.17) is 0 Å². The molecule has 0 saturated carbocycles. The van der Waals surface area contributed by atoms with Crippen LogP contribution >= 0.6 is 0 Å². The smallest absolute Gasteiger partial charge is 0.189 e. The van der Waals surface area contributed by atoms with Gasteiger partial charge in [-0.15, -0.1) is 0 Å². The molecule has 0 spiro atoms. The molecule has 98 valence electrons. The Morgan fingerprint density at radius 2 is 2.21 bits per heavy atom. The molecule has 0 unspecified atom stereocenters. The van der Waals surface area contributed by atoms with Crippen molar-refractivity contribution in [3.05, 3.63) is 53.1 Å². The molecular weight excluding hydrogens is 238 g/mol. The van der Waals surface area contributed by atoms with Crippen LogP contribution in [-0.4, -0.2) is 20.5 Å². The summed E-state index contributed by atoms with van der Waals surface area (Å²) in [6, 6.07) is 3.75. The van der Waals surface area contributed by atoms with Gasteiger partial charge in [0, 0.05) is 24.6 Å². The zero-order valence-corrected chi connectivity index (χ0v) is 11.4. The number of aryl methyl sites for hydroxylation is 2. The summed E-state index contributed by atoms with van der Waals surface area (Å²) in [5.74, 6) is -0.0152. The lowest BCUT2D eigenvalue weighted by Gasteiger charge is -1.99. The maximum Gasteiger partial charge on any atom is 0.189 e. The third kappa shape index (κ3) is 2.78.